The van der Waals surface area contributed by atoms with E-state index in [1.54, 1.807) is 30.3 Å². The Morgan fingerprint density at radius 3 is 2.50 bits per heavy atom. The van der Waals surface area contributed by atoms with Crippen LogP contribution in [0.25, 0.3) is 10.9 Å². The van der Waals surface area contributed by atoms with Crippen LogP contribution in [0.5, 0.6) is 17.5 Å². The van der Waals surface area contributed by atoms with Gasteiger partial charge in [-0.1, -0.05) is 41.8 Å². The Morgan fingerprint density at radius 2 is 1.68 bits per heavy atom. The van der Waals surface area contributed by atoms with E-state index >= 15 is 0 Å². The van der Waals surface area contributed by atoms with E-state index in [1.807, 2.05) is 37.3 Å². The van der Waals surface area contributed by atoms with Gasteiger partial charge in [0.05, 0.1) is 23.6 Å². The van der Waals surface area contributed by atoms with Gasteiger partial charge in [-0.15, -0.1) is 0 Å². The summed E-state index contributed by atoms with van der Waals surface area (Å²) in [6, 6.07) is 18.1. The summed E-state index contributed by atoms with van der Waals surface area (Å²) >= 11 is 6.24. The number of fused-ring (bicyclic) bond motifs is 2. The van der Waals surface area contributed by atoms with Crippen molar-refractivity contribution in [3.63, 3.8) is 0 Å². The third kappa shape index (κ3) is 7.12. The highest BCUT2D eigenvalue weighted by atomic mass is 35.5. The zero-order chi connectivity index (χ0) is 28.0. The molecule has 4 aromatic rings. The Morgan fingerprint density at radius 1 is 0.900 bits per heavy atom. The SMILES string of the molecule is Cc1ccc(S(=O)(=O)OCCCCCCOc2nc(NCc3ccc4c(c3)OCO4)c3cc(Cl)ccc3n2)cc1. The van der Waals surface area contributed by atoms with Crippen LogP contribution in [0.4, 0.5) is 5.82 Å². The van der Waals surface area contributed by atoms with Crippen LogP contribution < -0.4 is 19.5 Å². The average molecular weight is 584 g/mol. The molecule has 0 unspecified atom stereocenters. The minimum absolute atomic E-state index is 0.145. The first-order valence-corrected chi connectivity index (χ1v) is 14.8. The number of rotatable bonds is 13. The highest BCUT2D eigenvalue weighted by Crippen LogP contribution is 2.33. The maximum Gasteiger partial charge on any atom is 0.318 e. The lowest BCUT2D eigenvalue weighted by atomic mass is 10.2. The van der Waals surface area contributed by atoms with E-state index in [9.17, 15) is 8.42 Å². The molecular weight excluding hydrogens is 554 g/mol. The topological polar surface area (TPSA) is 109 Å². The van der Waals surface area contributed by atoms with Crippen molar-refractivity contribution in [2.75, 3.05) is 25.3 Å². The van der Waals surface area contributed by atoms with Crippen LogP contribution in [0.3, 0.4) is 0 Å². The molecule has 0 saturated carbocycles. The van der Waals surface area contributed by atoms with E-state index in [1.165, 1.54) is 0 Å². The van der Waals surface area contributed by atoms with E-state index in [-0.39, 0.29) is 24.3 Å². The van der Waals surface area contributed by atoms with Crippen molar-refractivity contribution in [2.45, 2.75) is 44.0 Å². The molecule has 0 atom stereocenters. The molecule has 0 aliphatic carbocycles. The van der Waals surface area contributed by atoms with Crippen LogP contribution in [0.2, 0.25) is 5.02 Å². The third-order valence-corrected chi connectivity index (χ3v) is 7.91. The standard InChI is InChI=1S/C29H30ClN3O6S/c1-20-6-10-23(11-7-20)40(34,35)39-15-5-3-2-4-14-36-29-32-25-12-9-22(30)17-24(25)28(33-29)31-18-21-8-13-26-27(16-21)38-19-37-26/h6-13,16-17H,2-5,14-15,18-19H2,1H3,(H,31,32,33). The molecule has 0 amide bonds. The second-order valence-electron chi connectivity index (χ2n) is 9.41. The van der Waals surface area contributed by atoms with Gasteiger partial charge in [-0.2, -0.15) is 18.4 Å². The van der Waals surface area contributed by atoms with Crippen LogP contribution in [-0.2, 0) is 20.8 Å². The second kappa shape index (κ2) is 12.7. The highest BCUT2D eigenvalue weighted by Gasteiger charge is 2.15. The number of halogens is 1. The van der Waals surface area contributed by atoms with E-state index < -0.39 is 10.1 Å². The second-order valence-corrected chi connectivity index (χ2v) is 11.5. The predicted octanol–water partition coefficient (Wildman–Crippen LogP) is 6.28. The van der Waals surface area contributed by atoms with Crippen LogP contribution in [0.15, 0.2) is 65.6 Å². The molecule has 0 saturated heterocycles. The number of aromatic nitrogens is 2. The summed E-state index contributed by atoms with van der Waals surface area (Å²) in [6.45, 7) is 3.22. The van der Waals surface area contributed by atoms with Gasteiger partial charge in [0.2, 0.25) is 6.79 Å². The average Bonchev–Trinajstić information content (AvgIpc) is 3.41. The normalized spacial score (nSPS) is 12.6. The quantitative estimate of drug-likeness (QED) is 0.144. The smallest absolute Gasteiger partial charge is 0.318 e. The number of aryl methyl sites for hydroxylation is 1. The van der Waals surface area contributed by atoms with Crippen molar-refractivity contribution >= 4 is 38.4 Å². The maximum atomic E-state index is 12.3. The fraction of sp³-hybridized carbons (Fsp3) is 0.310. The van der Waals surface area contributed by atoms with Crippen molar-refractivity contribution in [3.05, 3.63) is 76.8 Å². The van der Waals surface area contributed by atoms with Crippen molar-refractivity contribution in [2.24, 2.45) is 0 Å². The molecule has 0 spiro atoms. The Hall–Kier alpha value is -3.60. The lowest BCUT2D eigenvalue weighted by Gasteiger charge is -2.12. The highest BCUT2D eigenvalue weighted by molar-refractivity contribution is 7.86. The molecule has 9 nitrogen and oxygen atoms in total. The molecule has 3 aromatic carbocycles. The van der Waals surface area contributed by atoms with E-state index in [2.05, 4.69) is 15.3 Å². The van der Waals surface area contributed by atoms with Gasteiger partial charge in [-0.25, -0.2) is 0 Å². The van der Waals surface area contributed by atoms with Gasteiger partial charge in [0.15, 0.2) is 11.5 Å². The number of anilines is 1. The summed E-state index contributed by atoms with van der Waals surface area (Å²) in [4.78, 5) is 9.30. The zero-order valence-electron chi connectivity index (χ0n) is 22.1. The van der Waals surface area contributed by atoms with Crippen molar-refractivity contribution in [1.29, 1.82) is 0 Å². The van der Waals surface area contributed by atoms with Crippen LogP contribution in [0, 0.1) is 6.92 Å². The van der Waals surface area contributed by atoms with E-state index in [0.717, 1.165) is 52.8 Å². The molecule has 1 aliphatic heterocycles. The van der Waals surface area contributed by atoms with Gasteiger partial charge < -0.3 is 19.5 Å². The maximum absolute atomic E-state index is 12.3. The van der Waals surface area contributed by atoms with Gasteiger partial charge >= 0.3 is 6.01 Å². The summed E-state index contributed by atoms with van der Waals surface area (Å²) in [5.74, 6) is 2.07. The molecule has 11 heteroatoms. The summed E-state index contributed by atoms with van der Waals surface area (Å²) < 4.78 is 46.4. The van der Waals surface area contributed by atoms with E-state index in [0.29, 0.717) is 30.4 Å². The van der Waals surface area contributed by atoms with E-state index in [4.69, 9.17) is 30.0 Å². The van der Waals surface area contributed by atoms with Crippen molar-refractivity contribution in [1.82, 2.24) is 9.97 Å². The third-order valence-electron chi connectivity index (χ3n) is 6.35. The Kier molecular flexibility index (Phi) is 8.88. The van der Waals surface area contributed by atoms with Crippen LogP contribution >= 0.6 is 11.6 Å². The molecule has 0 fully saturated rings. The Balaban J connectivity index is 1.10. The minimum atomic E-state index is -3.73. The zero-order valence-corrected chi connectivity index (χ0v) is 23.6. The molecule has 0 radical (unpaired) electrons. The number of hydrogen-bond donors (Lipinski definition) is 1. The largest absolute Gasteiger partial charge is 0.463 e. The number of nitrogens with zero attached hydrogens (tertiary/aromatic N) is 2. The predicted molar refractivity (Wildman–Crippen MR) is 153 cm³/mol. The fourth-order valence-corrected chi connectivity index (χ4v) is 5.29. The summed E-state index contributed by atoms with van der Waals surface area (Å²) in [5.41, 5.74) is 2.72. The molecule has 5 rings (SSSR count). The molecule has 1 aromatic heterocycles. The molecule has 210 valence electrons. The first-order valence-electron chi connectivity index (χ1n) is 13.1. The minimum Gasteiger partial charge on any atom is -0.463 e. The number of hydrogen-bond acceptors (Lipinski definition) is 9. The van der Waals surface area contributed by atoms with Crippen molar-refractivity contribution in [3.8, 4) is 17.5 Å². The Labute approximate surface area is 238 Å². The number of nitrogens with one attached hydrogen (secondary N) is 1. The molecular formula is C29H30ClN3O6S. The molecule has 40 heavy (non-hydrogen) atoms. The molecule has 2 heterocycles. The first-order chi connectivity index (χ1) is 19.4. The monoisotopic (exact) mass is 583 g/mol. The summed E-state index contributed by atoms with van der Waals surface area (Å²) in [5, 5.41) is 4.75. The molecule has 1 N–H and O–H groups in total. The number of benzene rings is 3. The van der Waals surface area contributed by atoms with Gasteiger partial charge in [-0.05, 0) is 74.2 Å². The van der Waals surface area contributed by atoms with Crippen LogP contribution in [0.1, 0.15) is 36.8 Å². The van der Waals surface area contributed by atoms with Gasteiger partial charge in [0, 0.05) is 17.0 Å². The van der Waals surface area contributed by atoms with Crippen LogP contribution in [-0.4, -0.2) is 38.4 Å². The fourth-order valence-electron chi connectivity index (χ4n) is 4.18. The van der Waals surface area contributed by atoms with Gasteiger partial charge in [0.25, 0.3) is 10.1 Å². The van der Waals surface area contributed by atoms with Gasteiger partial charge in [0.1, 0.15) is 5.82 Å². The first kappa shape index (κ1) is 27.9. The molecule has 1 aliphatic rings. The number of ether oxygens (including phenoxy) is 3. The Bertz CT molecular complexity index is 1580. The lowest BCUT2D eigenvalue weighted by molar-refractivity contribution is 0.174. The number of unbranched alkanes of at least 4 members (excludes halogenated alkanes) is 3. The summed E-state index contributed by atoms with van der Waals surface area (Å²) in [6.07, 6.45) is 3.07. The lowest BCUT2D eigenvalue weighted by Crippen LogP contribution is -2.08. The van der Waals surface area contributed by atoms with Crippen molar-refractivity contribution < 1.29 is 26.8 Å². The molecule has 0 bridgehead atoms. The van der Waals surface area contributed by atoms with Gasteiger partial charge in [-0.3, -0.25) is 4.18 Å². The summed E-state index contributed by atoms with van der Waals surface area (Å²) in [7, 11) is -3.73.